The molecule has 0 amide bonds. The Morgan fingerprint density at radius 1 is 1.20 bits per heavy atom. The van der Waals surface area contributed by atoms with Crippen molar-refractivity contribution in [2.75, 3.05) is 0 Å². The second-order valence-corrected chi connectivity index (χ2v) is 2.87. The molecule has 0 spiro atoms. The third kappa shape index (κ3) is 4.22. The lowest BCUT2D eigenvalue weighted by molar-refractivity contribution is 1.36. The maximum absolute atomic E-state index is 2.22. The Morgan fingerprint density at radius 3 is 1.60 bits per heavy atom. The van der Waals surface area contributed by atoms with Crippen LogP contribution in [0.5, 0.6) is 0 Å². The van der Waals surface area contributed by atoms with Gasteiger partial charge in [-0.3, -0.25) is 0 Å². The van der Waals surface area contributed by atoms with Gasteiger partial charge in [-0.05, 0) is 0 Å². The minimum Gasteiger partial charge on any atom is -0.0682 e. The highest BCUT2D eigenvalue weighted by atomic mass is 28.2. The molecule has 0 fully saturated rings. The van der Waals surface area contributed by atoms with Crippen LogP contribution in [0.25, 0.3) is 0 Å². The molecule has 0 aromatic carbocycles. The summed E-state index contributed by atoms with van der Waals surface area (Å²) in [4.78, 5) is 0. The van der Waals surface area contributed by atoms with Gasteiger partial charge in [0.1, 0.15) is 0 Å². The Morgan fingerprint density at radius 2 is 1.60 bits per heavy atom. The summed E-state index contributed by atoms with van der Waals surface area (Å²) in [6.07, 6.45) is 0. The summed E-state index contributed by atoms with van der Waals surface area (Å²) < 4.78 is 0. The molecule has 0 aromatic rings. The molecule has 0 aliphatic rings. The van der Waals surface area contributed by atoms with Gasteiger partial charge in [0.2, 0.25) is 0 Å². The van der Waals surface area contributed by atoms with Crippen molar-refractivity contribution < 1.29 is 0 Å². The second kappa shape index (κ2) is 4.22. The summed E-state index contributed by atoms with van der Waals surface area (Å²) in [6.45, 7) is 4.45. The Bertz CT molecular complexity index is 11.1. The lowest BCUT2D eigenvalue weighted by atomic mass is 11.0. The smallest absolute Gasteiger partial charge is 0.0372 e. The molecule has 0 nitrogen and oxygen atoms in total. The van der Waals surface area contributed by atoms with Gasteiger partial charge in [-0.15, -0.1) is 0 Å². The van der Waals surface area contributed by atoms with Gasteiger partial charge in [0.15, 0.2) is 0 Å². The van der Waals surface area contributed by atoms with Crippen LogP contribution < -0.4 is 0 Å². The first kappa shape index (κ1) is 5.22. The zero-order valence-corrected chi connectivity index (χ0v) is 4.91. The third-order valence-corrected chi connectivity index (χ3v) is 1.50. The Kier molecular flexibility index (Phi) is 4.40. The molecule has 0 aliphatic heterocycles. The molecule has 0 N–H and O–H groups in total. The van der Waals surface area contributed by atoms with Crippen molar-refractivity contribution in [3.05, 3.63) is 0 Å². The predicted molar refractivity (Wildman–Crippen MR) is 26.7 cm³/mol. The van der Waals surface area contributed by atoms with E-state index < -0.39 is 0 Å². The number of rotatable bonds is 2. The van der Waals surface area contributed by atoms with Crippen molar-refractivity contribution in [2.24, 2.45) is 0 Å². The second-order valence-electron chi connectivity index (χ2n) is 0.957. The molecule has 2 radical (unpaired) electrons. The first-order valence-electron chi connectivity index (χ1n) is 2.12. The summed E-state index contributed by atoms with van der Waals surface area (Å²) in [5.74, 6) is 0. The van der Waals surface area contributed by atoms with E-state index in [1.54, 1.807) is 0 Å². The largest absolute Gasteiger partial charge is 0.0682 e. The molecule has 0 unspecified atom stereocenters. The molecule has 0 saturated heterocycles. The van der Waals surface area contributed by atoms with Crippen LogP contribution in [0.15, 0.2) is 0 Å². The fraction of sp³-hybridized carbons (Fsp3) is 1.00. The van der Waals surface area contributed by atoms with Crippen molar-refractivity contribution in [2.45, 2.75) is 25.9 Å². The molecule has 0 rings (SSSR count). The van der Waals surface area contributed by atoms with Crippen molar-refractivity contribution in [3.63, 3.8) is 0 Å². The standard InChI is InChI=1S/C4H10Si/c1-3-5-4-2/h3-4H2,1-2H3. The zero-order valence-electron chi connectivity index (χ0n) is 3.91. The highest BCUT2D eigenvalue weighted by Crippen LogP contribution is 1.77. The quantitative estimate of drug-likeness (QED) is 0.447. The fourth-order valence-corrected chi connectivity index (χ4v) is 0.750. The van der Waals surface area contributed by atoms with Crippen molar-refractivity contribution in [1.82, 2.24) is 0 Å². The van der Waals surface area contributed by atoms with E-state index in [-0.39, 0.29) is 0 Å². The van der Waals surface area contributed by atoms with Gasteiger partial charge < -0.3 is 0 Å². The van der Waals surface area contributed by atoms with Crippen molar-refractivity contribution in [3.8, 4) is 0 Å². The fourth-order valence-electron chi connectivity index (χ4n) is 0.250. The van der Waals surface area contributed by atoms with Crippen LogP contribution in [-0.4, -0.2) is 9.52 Å². The van der Waals surface area contributed by atoms with Gasteiger partial charge >= 0.3 is 0 Å². The molecule has 30 valence electrons. The summed E-state index contributed by atoms with van der Waals surface area (Å²) in [5, 5.41) is 0. The normalized spacial score (nSPS) is 8.40. The number of hydrogen-bond donors (Lipinski definition) is 0. The Balaban J connectivity index is 2.19. The van der Waals surface area contributed by atoms with Crippen molar-refractivity contribution >= 4 is 9.52 Å². The lowest BCUT2D eigenvalue weighted by Crippen LogP contribution is -1.76. The molecule has 1 heteroatoms. The van der Waals surface area contributed by atoms with E-state index in [1.807, 2.05) is 0 Å². The van der Waals surface area contributed by atoms with Gasteiger partial charge in [0.05, 0.1) is 0 Å². The van der Waals surface area contributed by atoms with Gasteiger partial charge in [-0.2, -0.15) is 0 Å². The molecule has 0 saturated carbocycles. The van der Waals surface area contributed by atoms with Gasteiger partial charge in [0, 0.05) is 9.52 Å². The summed E-state index contributed by atoms with van der Waals surface area (Å²) >= 11 is 0. The minimum absolute atomic E-state index is 1.20. The van der Waals surface area contributed by atoms with Crippen LogP contribution in [0.2, 0.25) is 12.1 Å². The first-order chi connectivity index (χ1) is 2.41. The van der Waals surface area contributed by atoms with Gasteiger partial charge in [-0.1, -0.05) is 25.9 Å². The molecular formula is C4H10Si. The van der Waals surface area contributed by atoms with Crippen LogP contribution in [0.3, 0.4) is 0 Å². The average molecular weight is 86.2 g/mol. The van der Waals surface area contributed by atoms with Crippen LogP contribution in [0.1, 0.15) is 13.8 Å². The molecule has 0 bridgehead atoms. The minimum atomic E-state index is 1.20. The first-order valence-corrected chi connectivity index (χ1v) is 3.54. The van der Waals surface area contributed by atoms with E-state index in [9.17, 15) is 0 Å². The SMILES string of the molecule is CC[Si]CC. The predicted octanol–water partition coefficient (Wildman–Crippen LogP) is 1.57. The molecule has 0 aromatic heterocycles. The van der Waals surface area contributed by atoms with Crippen molar-refractivity contribution in [1.29, 1.82) is 0 Å². The van der Waals surface area contributed by atoms with E-state index in [4.69, 9.17) is 0 Å². The third-order valence-electron chi connectivity index (χ3n) is 0.500. The highest BCUT2D eigenvalue weighted by Gasteiger charge is 1.70. The van der Waals surface area contributed by atoms with Crippen LogP contribution in [0, 0.1) is 0 Å². The summed E-state index contributed by atoms with van der Waals surface area (Å²) in [7, 11) is 1.20. The van der Waals surface area contributed by atoms with E-state index in [0.29, 0.717) is 0 Å². The van der Waals surface area contributed by atoms with E-state index in [2.05, 4.69) is 13.8 Å². The zero-order chi connectivity index (χ0) is 4.12. The van der Waals surface area contributed by atoms with Crippen LogP contribution in [0.4, 0.5) is 0 Å². The van der Waals surface area contributed by atoms with Crippen LogP contribution >= 0.6 is 0 Å². The molecular weight excluding hydrogens is 76.1 g/mol. The molecule has 5 heavy (non-hydrogen) atoms. The highest BCUT2D eigenvalue weighted by molar-refractivity contribution is 6.34. The van der Waals surface area contributed by atoms with E-state index >= 15 is 0 Å². The Hall–Kier alpha value is 0.217. The molecule has 0 heterocycles. The summed E-state index contributed by atoms with van der Waals surface area (Å²) in [5.41, 5.74) is 0. The Labute approximate surface area is 36.4 Å². The van der Waals surface area contributed by atoms with E-state index in [1.165, 1.54) is 21.6 Å². The van der Waals surface area contributed by atoms with Crippen LogP contribution in [-0.2, 0) is 0 Å². The maximum atomic E-state index is 2.22. The number of hydrogen-bond acceptors (Lipinski definition) is 0. The summed E-state index contributed by atoms with van der Waals surface area (Å²) in [6, 6.07) is 2.74. The topological polar surface area (TPSA) is 0 Å². The van der Waals surface area contributed by atoms with Gasteiger partial charge in [-0.25, -0.2) is 0 Å². The monoisotopic (exact) mass is 86.1 g/mol. The van der Waals surface area contributed by atoms with E-state index in [0.717, 1.165) is 0 Å². The molecule has 0 atom stereocenters. The lowest BCUT2D eigenvalue weighted by Gasteiger charge is -1.76. The maximum Gasteiger partial charge on any atom is 0.0372 e. The van der Waals surface area contributed by atoms with Gasteiger partial charge in [0.25, 0.3) is 0 Å². The average Bonchev–Trinajstić information content (AvgIpc) is 1.41. The molecule has 0 aliphatic carbocycles.